The van der Waals surface area contributed by atoms with Gasteiger partial charge in [-0.05, 0) is 62.4 Å². The first kappa shape index (κ1) is 20.1. The van der Waals surface area contributed by atoms with Gasteiger partial charge < -0.3 is 16.0 Å². The minimum Gasteiger partial charge on any atom is -0.349 e. The highest BCUT2D eigenvalue weighted by atomic mass is 35.5. The molecule has 0 spiro atoms. The Labute approximate surface area is 170 Å². The molecular formula is C21H25ClN4O2. The topological polar surface area (TPSA) is 83.1 Å². The van der Waals surface area contributed by atoms with Crippen molar-refractivity contribution in [1.29, 1.82) is 0 Å². The van der Waals surface area contributed by atoms with Gasteiger partial charge >= 0.3 is 6.03 Å². The van der Waals surface area contributed by atoms with Crippen molar-refractivity contribution >= 4 is 23.5 Å². The molecule has 1 heterocycles. The van der Waals surface area contributed by atoms with Gasteiger partial charge in [0.15, 0.2) is 0 Å². The second-order valence-corrected chi connectivity index (χ2v) is 7.60. The second kappa shape index (κ2) is 9.55. The Balaban J connectivity index is 1.37. The largest absolute Gasteiger partial charge is 0.349 e. The van der Waals surface area contributed by atoms with Gasteiger partial charge in [-0.1, -0.05) is 23.7 Å². The summed E-state index contributed by atoms with van der Waals surface area (Å²) in [6.45, 7) is 2.35. The van der Waals surface area contributed by atoms with Crippen LogP contribution in [-0.2, 0) is 6.54 Å². The van der Waals surface area contributed by atoms with Gasteiger partial charge in [0.05, 0.1) is 5.56 Å². The summed E-state index contributed by atoms with van der Waals surface area (Å²) in [7, 11) is 0. The monoisotopic (exact) mass is 400 g/mol. The Morgan fingerprint density at radius 1 is 1.00 bits per heavy atom. The predicted octanol–water partition coefficient (Wildman–Crippen LogP) is 3.58. The van der Waals surface area contributed by atoms with Gasteiger partial charge in [-0.3, -0.25) is 9.78 Å². The number of pyridine rings is 1. The normalized spacial score (nSPS) is 18.9. The van der Waals surface area contributed by atoms with Crippen LogP contribution in [0.15, 0.2) is 42.6 Å². The number of aryl methyl sites for hydroxylation is 1. The van der Waals surface area contributed by atoms with Crippen LogP contribution in [-0.4, -0.2) is 29.0 Å². The van der Waals surface area contributed by atoms with E-state index in [0.29, 0.717) is 17.1 Å². The van der Waals surface area contributed by atoms with Crippen molar-refractivity contribution in [1.82, 2.24) is 20.9 Å². The number of rotatable bonds is 5. The third kappa shape index (κ3) is 5.96. The highest BCUT2D eigenvalue weighted by Crippen LogP contribution is 2.19. The number of hydrogen-bond donors (Lipinski definition) is 3. The van der Waals surface area contributed by atoms with Gasteiger partial charge in [-0.25, -0.2) is 4.79 Å². The van der Waals surface area contributed by atoms with E-state index in [1.54, 1.807) is 24.4 Å². The van der Waals surface area contributed by atoms with E-state index in [9.17, 15) is 9.59 Å². The number of halogens is 1. The Hall–Kier alpha value is -2.60. The van der Waals surface area contributed by atoms with Crippen molar-refractivity contribution in [3.8, 4) is 0 Å². The van der Waals surface area contributed by atoms with Gasteiger partial charge in [0.2, 0.25) is 0 Å². The minimum absolute atomic E-state index is 0.0929. The molecule has 0 radical (unpaired) electrons. The van der Waals surface area contributed by atoms with Crippen LogP contribution in [0, 0.1) is 6.92 Å². The Morgan fingerprint density at radius 2 is 1.64 bits per heavy atom. The minimum atomic E-state index is -0.173. The molecule has 1 aliphatic carbocycles. The Bertz CT molecular complexity index is 800. The van der Waals surface area contributed by atoms with Crippen molar-refractivity contribution in [2.24, 2.45) is 0 Å². The summed E-state index contributed by atoms with van der Waals surface area (Å²) in [5.74, 6) is -0.0929. The number of hydrogen-bond acceptors (Lipinski definition) is 3. The van der Waals surface area contributed by atoms with Crippen LogP contribution in [0.1, 0.15) is 47.3 Å². The summed E-state index contributed by atoms with van der Waals surface area (Å²) in [6.07, 6.45) is 4.96. The van der Waals surface area contributed by atoms with Crippen molar-refractivity contribution in [2.45, 2.75) is 51.2 Å². The Morgan fingerprint density at radius 3 is 2.25 bits per heavy atom. The highest BCUT2D eigenvalue weighted by Gasteiger charge is 2.23. The summed E-state index contributed by atoms with van der Waals surface area (Å²) in [5, 5.41) is 9.62. The third-order valence-electron chi connectivity index (χ3n) is 4.94. The van der Waals surface area contributed by atoms with Crippen molar-refractivity contribution < 1.29 is 9.59 Å². The van der Waals surface area contributed by atoms with E-state index in [1.165, 1.54) is 0 Å². The first-order chi connectivity index (χ1) is 13.5. The summed E-state index contributed by atoms with van der Waals surface area (Å²) in [5.41, 5.74) is 2.46. The molecule has 0 saturated heterocycles. The van der Waals surface area contributed by atoms with Crippen LogP contribution in [0.5, 0.6) is 0 Å². The van der Waals surface area contributed by atoms with Crippen LogP contribution in [0.25, 0.3) is 0 Å². The third-order valence-corrected chi connectivity index (χ3v) is 5.19. The molecule has 28 heavy (non-hydrogen) atoms. The summed E-state index contributed by atoms with van der Waals surface area (Å²) < 4.78 is 0. The number of nitrogens with one attached hydrogen (secondary N) is 3. The SMILES string of the molecule is Cc1ccc(C(=O)NC2CCC(NC(=O)NCc3ccc(Cl)cc3)CC2)cn1. The van der Waals surface area contributed by atoms with Crippen LogP contribution < -0.4 is 16.0 Å². The average molecular weight is 401 g/mol. The number of urea groups is 1. The molecule has 1 fully saturated rings. The van der Waals surface area contributed by atoms with E-state index >= 15 is 0 Å². The highest BCUT2D eigenvalue weighted by molar-refractivity contribution is 6.30. The number of benzene rings is 1. The molecule has 148 valence electrons. The number of amides is 3. The van der Waals surface area contributed by atoms with Crippen LogP contribution >= 0.6 is 11.6 Å². The fourth-order valence-electron chi connectivity index (χ4n) is 3.27. The maximum absolute atomic E-state index is 12.3. The van der Waals surface area contributed by atoms with Crippen LogP contribution in [0.3, 0.4) is 0 Å². The van der Waals surface area contributed by atoms with Gasteiger partial charge in [-0.2, -0.15) is 0 Å². The maximum Gasteiger partial charge on any atom is 0.315 e. The summed E-state index contributed by atoms with van der Waals surface area (Å²) in [6, 6.07) is 11.1. The van der Waals surface area contributed by atoms with E-state index in [-0.39, 0.29) is 24.0 Å². The smallest absolute Gasteiger partial charge is 0.315 e. The standard InChI is InChI=1S/C21H25ClN4O2/c1-14-2-5-16(13-23-14)20(27)25-18-8-10-19(11-9-18)26-21(28)24-12-15-3-6-17(22)7-4-15/h2-7,13,18-19H,8-12H2,1H3,(H,25,27)(H2,24,26,28). The molecule has 0 unspecified atom stereocenters. The molecule has 3 rings (SSSR count). The fraction of sp³-hybridized carbons (Fsp3) is 0.381. The lowest BCUT2D eigenvalue weighted by molar-refractivity contribution is 0.0924. The van der Waals surface area contributed by atoms with Gasteiger partial charge in [0.1, 0.15) is 0 Å². The first-order valence-electron chi connectivity index (χ1n) is 9.52. The molecule has 3 amide bonds. The molecule has 6 nitrogen and oxygen atoms in total. The number of aromatic nitrogens is 1. The molecular weight excluding hydrogens is 376 g/mol. The lowest BCUT2D eigenvalue weighted by atomic mass is 9.91. The molecule has 1 aliphatic rings. The summed E-state index contributed by atoms with van der Waals surface area (Å²) >= 11 is 5.86. The van der Waals surface area contributed by atoms with Crippen molar-refractivity contribution in [2.75, 3.05) is 0 Å². The van der Waals surface area contributed by atoms with E-state index in [2.05, 4.69) is 20.9 Å². The van der Waals surface area contributed by atoms with Crippen molar-refractivity contribution in [3.63, 3.8) is 0 Å². The molecule has 0 bridgehead atoms. The van der Waals surface area contributed by atoms with Gasteiger partial charge in [-0.15, -0.1) is 0 Å². The first-order valence-corrected chi connectivity index (χ1v) is 9.90. The average Bonchev–Trinajstić information content (AvgIpc) is 2.69. The van der Waals surface area contributed by atoms with Crippen LogP contribution in [0.4, 0.5) is 4.79 Å². The lowest BCUT2D eigenvalue weighted by Gasteiger charge is -2.29. The second-order valence-electron chi connectivity index (χ2n) is 7.16. The van der Waals surface area contributed by atoms with Gasteiger partial charge in [0, 0.05) is 35.5 Å². The predicted molar refractivity (Wildman–Crippen MR) is 109 cm³/mol. The molecule has 1 saturated carbocycles. The lowest BCUT2D eigenvalue weighted by Crippen LogP contribution is -2.46. The summed E-state index contributed by atoms with van der Waals surface area (Å²) in [4.78, 5) is 28.5. The molecule has 0 aliphatic heterocycles. The number of carbonyl (C=O) groups is 2. The molecule has 1 aromatic heterocycles. The Kier molecular flexibility index (Phi) is 6.87. The maximum atomic E-state index is 12.3. The molecule has 1 aromatic carbocycles. The van der Waals surface area contributed by atoms with E-state index in [4.69, 9.17) is 11.6 Å². The number of nitrogens with zero attached hydrogens (tertiary/aromatic N) is 1. The number of carbonyl (C=O) groups excluding carboxylic acids is 2. The zero-order chi connectivity index (χ0) is 19.9. The van der Waals surface area contributed by atoms with E-state index in [1.807, 2.05) is 25.1 Å². The molecule has 7 heteroatoms. The zero-order valence-electron chi connectivity index (χ0n) is 15.9. The van der Waals surface area contributed by atoms with Crippen molar-refractivity contribution in [3.05, 3.63) is 64.4 Å². The van der Waals surface area contributed by atoms with Gasteiger partial charge in [0.25, 0.3) is 5.91 Å². The fourth-order valence-corrected chi connectivity index (χ4v) is 3.40. The quantitative estimate of drug-likeness (QED) is 0.717. The van der Waals surface area contributed by atoms with E-state index in [0.717, 1.165) is 36.9 Å². The molecule has 3 N–H and O–H groups in total. The molecule has 2 aromatic rings. The molecule has 0 atom stereocenters. The van der Waals surface area contributed by atoms with E-state index < -0.39 is 0 Å². The van der Waals surface area contributed by atoms with Crippen LogP contribution in [0.2, 0.25) is 5.02 Å². The zero-order valence-corrected chi connectivity index (χ0v) is 16.6.